The van der Waals surface area contributed by atoms with Crippen LogP contribution in [0.2, 0.25) is 0 Å². The minimum absolute atomic E-state index is 0.101. The fourth-order valence-electron chi connectivity index (χ4n) is 2.50. The molecule has 0 aromatic heterocycles. The molecule has 0 radical (unpaired) electrons. The third-order valence-electron chi connectivity index (χ3n) is 3.44. The molecule has 0 heterocycles. The van der Waals surface area contributed by atoms with E-state index in [1.807, 2.05) is 6.92 Å². The van der Waals surface area contributed by atoms with E-state index in [0.29, 0.717) is 16.7 Å². The van der Waals surface area contributed by atoms with Gasteiger partial charge in [0.25, 0.3) is 0 Å². The lowest BCUT2D eigenvalue weighted by atomic mass is 9.82. The molecule has 3 rings (SSSR count). The van der Waals surface area contributed by atoms with Crippen molar-refractivity contribution in [3.05, 3.63) is 70.3 Å². The summed E-state index contributed by atoms with van der Waals surface area (Å²) >= 11 is 0. The van der Waals surface area contributed by atoms with Crippen LogP contribution in [0.4, 0.5) is 0 Å². The molecule has 1 aliphatic rings. The van der Waals surface area contributed by atoms with E-state index in [0.717, 1.165) is 0 Å². The highest BCUT2D eigenvalue weighted by Gasteiger charge is 2.32. The van der Waals surface area contributed by atoms with Gasteiger partial charge >= 0.3 is 0 Å². The Kier molecular flexibility index (Phi) is 2.75. The van der Waals surface area contributed by atoms with Crippen LogP contribution in [0, 0.1) is 0 Å². The molecule has 0 unspecified atom stereocenters. The molecule has 0 bridgehead atoms. The quantitative estimate of drug-likeness (QED) is 0.734. The molecule has 3 heteroatoms. The van der Waals surface area contributed by atoms with E-state index in [-0.39, 0.29) is 28.4 Å². The third-order valence-corrected chi connectivity index (χ3v) is 3.44. The summed E-state index contributed by atoms with van der Waals surface area (Å²) in [5.41, 5.74) is 1.64. The Morgan fingerprint density at radius 2 is 1.55 bits per heavy atom. The summed E-state index contributed by atoms with van der Waals surface area (Å²) in [6, 6.07) is 9.93. The molecule has 0 fully saturated rings. The Labute approximate surface area is 116 Å². The van der Waals surface area contributed by atoms with Crippen LogP contribution in [0.25, 0.3) is 6.08 Å². The Hall–Kier alpha value is -2.68. The standard InChI is InChI=1S/C17H12O3/c1-2-5-10-8-9-13-14(15(10)18)17(20)12-7-4-3-6-11(12)16(13)19/h2-9,18H,1H3. The average Bonchev–Trinajstić information content (AvgIpc) is 2.47. The summed E-state index contributed by atoms with van der Waals surface area (Å²) < 4.78 is 0. The average molecular weight is 264 g/mol. The van der Waals surface area contributed by atoms with Crippen LogP contribution in [0.3, 0.4) is 0 Å². The number of hydrogen-bond donors (Lipinski definition) is 1. The van der Waals surface area contributed by atoms with E-state index in [4.69, 9.17) is 0 Å². The molecule has 0 aliphatic heterocycles. The van der Waals surface area contributed by atoms with Crippen LogP contribution < -0.4 is 0 Å². The summed E-state index contributed by atoms with van der Waals surface area (Å²) in [4.78, 5) is 24.9. The number of phenols is 1. The fraction of sp³-hybridized carbons (Fsp3) is 0.0588. The number of carbonyl (C=O) groups excluding carboxylic acids is 2. The van der Waals surface area contributed by atoms with Gasteiger partial charge in [0.15, 0.2) is 11.6 Å². The van der Waals surface area contributed by atoms with Gasteiger partial charge in [-0.3, -0.25) is 9.59 Å². The molecule has 2 aromatic carbocycles. The Morgan fingerprint density at radius 3 is 2.20 bits per heavy atom. The van der Waals surface area contributed by atoms with Gasteiger partial charge in [-0.15, -0.1) is 0 Å². The van der Waals surface area contributed by atoms with Crippen molar-refractivity contribution in [2.24, 2.45) is 0 Å². The van der Waals surface area contributed by atoms with Crippen molar-refractivity contribution in [1.29, 1.82) is 0 Å². The van der Waals surface area contributed by atoms with Crippen molar-refractivity contribution >= 4 is 17.6 Å². The molecule has 0 spiro atoms. The van der Waals surface area contributed by atoms with E-state index < -0.39 is 0 Å². The zero-order valence-corrected chi connectivity index (χ0v) is 10.9. The maximum atomic E-state index is 12.5. The van der Waals surface area contributed by atoms with Crippen LogP contribution in [0.15, 0.2) is 42.5 Å². The van der Waals surface area contributed by atoms with Gasteiger partial charge in [0.05, 0.1) is 5.56 Å². The first-order valence-electron chi connectivity index (χ1n) is 6.32. The Bertz CT molecular complexity index is 770. The maximum Gasteiger partial charge on any atom is 0.198 e. The monoisotopic (exact) mass is 264 g/mol. The second-order valence-electron chi connectivity index (χ2n) is 4.63. The molecule has 0 atom stereocenters. The molecule has 1 aliphatic carbocycles. The Morgan fingerprint density at radius 1 is 0.900 bits per heavy atom. The zero-order valence-electron chi connectivity index (χ0n) is 10.9. The number of phenolic OH excluding ortho intramolecular Hbond substituents is 1. The van der Waals surface area contributed by atoms with E-state index in [9.17, 15) is 14.7 Å². The van der Waals surface area contributed by atoms with Crippen LogP contribution >= 0.6 is 0 Å². The lowest BCUT2D eigenvalue weighted by Crippen LogP contribution is -2.21. The van der Waals surface area contributed by atoms with E-state index in [1.54, 1.807) is 48.6 Å². The topological polar surface area (TPSA) is 54.4 Å². The van der Waals surface area contributed by atoms with Crippen LogP contribution in [0.1, 0.15) is 44.3 Å². The highest BCUT2D eigenvalue weighted by molar-refractivity contribution is 6.29. The Balaban J connectivity index is 2.31. The lowest BCUT2D eigenvalue weighted by Gasteiger charge is -2.19. The second-order valence-corrected chi connectivity index (χ2v) is 4.63. The minimum Gasteiger partial charge on any atom is -0.507 e. The number of ketones is 2. The first-order valence-corrected chi connectivity index (χ1v) is 6.32. The van der Waals surface area contributed by atoms with Gasteiger partial charge in [-0.1, -0.05) is 42.5 Å². The highest BCUT2D eigenvalue weighted by atomic mass is 16.3. The molecular formula is C17H12O3. The zero-order chi connectivity index (χ0) is 14.3. The normalized spacial score (nSPS) is 13.4. The highest BCUT2D eigenvalue weighted by Crippen LogP contribution is 2.35. The summed E-state index contributed by atoms with van der Waals surface area (Å²) in [5, 5.41) is 10.3. The predicted octanol–water partition coefficient (Wildman–Crippen LogP) is 3.20. The van der Waals surface area contributed by atoms with Crippen molar-refractivity contribution in [2.75, 3.05) is 0 Å². The molecule has 0 amide bonds. The molecule has 98 valence electrons. The predicted molar refractivity (Wildman–Crippen MR) is 76.1 cm³/mol. The number of fused-ring (bicyclic) bond motifs is 2. The van der Waals surface area contributed by atoms with E-state index in [2.05, 4.69) is 0 Å². The summed E-state index contributed by atoms with van der Waals surface area (Å²) in [6.07, 6.45) is 3.47. The van der Waals surface area contributed by atoms with Gasteiger partial charge in [-0.05, 0) is 13.0 Å². The van der Waals surface area contributed by atoms with Crippen molar-refractivity contribution in [3.63, 3.8) is 0 Å². The van der Waals surface area contributed by atoms with Crippen LogP contribution in [0.5, 0.6) is 5.75 Å². The van der Waals surface area contributed by atoms with E-state index in [1.165, 1.54) is 0 Å². The van der Waals surface area contributed by atoms with Gasteiger partial charge in [0.1, 0.15) is 5.75 Å². The number of carbonyl (C=O) groups is 2. The van der Waals surface area contributed by atoms with Crippen molar-refractivity contribution in [2.45, 2.75) is 6.92 Å². The van der Waals surface area contributed by atoms with Crippen molar-refractivity contribution in [3.8, 4) is 5.75 Å². The van der Waals surface area contributed by atoms with Crippen molar-refractivity contribution in [1.82, 2.24) is 0 Å². The smallest absolute Gasteiger partial charge is 0.198 e. The number of hydrogen-bond acceptors (Lipinski definition) is 3. The number of allylic oxidation sites excluding steroid dienone is 1. The molecule has 3 nitrogen and oxygen atoms in total. The second kappa shape index (κ2) is 4.46. The number of benzene rings is 2. The first kappa shape index (κ1) is 12.4. The number of aromatic hydroxyl groups is 1. The summed E-state index contributed by atoms with van der Waals surface area (Å²) in [5.74, 6) is -0.662. The first-order chi connectivity index (χ1) is 9.65. The molecule has 1 N–H and O–H groups in total. The van der Waals surface area contributed by atoms with Crippen LogP contribution in [-0.2, 0) is 0 Å². The molecule has 2 aromatic rings. The number of rotatable bonds is 1. The molecule has 0 saturated carbocycles. The molecule has 20 heavy (non-hydrogen) atoms. The molecule has 0 saturated heterocycles. The van der Waals surface area contributed by atoms with Crippen LogP contribution in [-0.4, -0.2) is 16.7 Å². The fourth-order valence-corrected chi connectivity index (χ4v) is 2.50. The SMILES string of the molecule is CC=Cc1ccc2c(c1O)C(=O)c1ccccc1C2=O. The van der Waals surface area contributed by atoms with E-state index >= 15 is 0 Å². The van der Waals surface area contributed by atoms with Gasteiger partial charge in [0, 0.05) is 22.3 Å². The van der Waals surface area contributed by atoms with Crippen molar-refractivity contribution < 1.29 is 14.7 Å². The van der Waals surface area contributed by atoms with Gasteiger partial charge in [0.2, 0.25) is 0 Å². The van der Waals surface area contributed by atoms with Gasteiger partial charge < -0.3 is 5.11 Å². The largest absolute Gasteiger partial charge is 0.507 e. The minimum atomic E-state index is -0.306. The lowest BCUT2D eigenvalue weighted by molar-refractivity contribution is 0.0976. The maximum absolute atomic E-state index is 12.5. The third kappa shape index (κ3) is 1.60. The molecular weight excluding hydrogens is 252 g/mol. The van der Waals surface area contributed by atoms with Gasteiger partial charge in [-0.2, -0.15) is 0 Å². The van der Waals surface area contributed by atoms with Gasteiger partial charge in [-0.25, -0.2) is 0 Å². The summed E-state index contributed by atoms with van der Waals surface area (Å²) in [6.45, 7) is 1.82. The summed E-state index contributed by atoms with van der Waals surface area (Å²) in [7, 11) is 0.